The zero-order chi connectivity index (χ0) is 13.3. The molecule has 1 unspecified atom stereocenters. The van der Waals surface area contributed by atoms with Crippen molar-refractivity contribution >= 4 is 23.4 Å². The van der Waals surface area contributed by atoms with Crippen LogP contribution in [0.5, 0.6) is 0 Å². The summed E-state index contributed by atoms with van der Waals surface area (Å²) in [6.45, 7) is 7.33. The standard InChI is InChI=1S/C14H19ClFNS/c1-4-7-17-13-12-9(8-18-14(13,2)3)10(15)5-6-11(12)16/h5-6,13,17H,4,7-8H2,1-3H3. The molecule has 100 valence electrons. The van der Waals surface area contributed by atoms with Crippen LogP contribution >= 0.6 is 23.4 Å². The van der Waals surface area contributed by atoms with Gasteiger partial charge in [-0.15, -0.1) is 11.8 Å². The largest absolute Gasteiger partial charge is 0.309 e. The van der Waals surface area contributed by atoms with Gasteiger partial charge in [0.05, 0.1) is 0 Å². The average molecular weight is 288 g/mol. The smallest absolute Gasteiger partial charge is 0.128 e. The molecular weight excluding hydrogens is 269 g/mol. The Hall–Kier alpha value is -0.250. The molecule has 4 heteroatoms. The fraction of sp³-hybridized carbons (Fsp3) is 0.571. The van der Waals surface area contributed by atoms with Gasteiger partial charge in [-0.3, -0.25) is 0 Å². The molecule has 0 fully saturated rings. The van der Waals surface area contributed by atoms with E-state index in [0.29, 0.717) is 5.02 Å². The molecule has 1 N–H and O–H groups in total. The van der Waals surface area contributed by atoms with Crippen molar-refractivity contribution in [3.05, 3.63) is 34.1 Å². The Morgan fingerprint density at radius 2 is 2.22 bits per heavy atom. The van der Waals surface area contributed by atoms with Crippen LogP contribution in [0.25, 0.3) is 0 Å². The lowest BCUT2D eigenvalue weighted by atomic mass is 9.90. The van der Waals surface area contributed by atoms with Crippen LogP contribution in [-0.4, -0.2) is 11.3 Å². The van der Waals surface area contributed by atoms with Crippen LogP contribution in [0.1, 0.15) is 44.4 Å². The summed E-state index contributed by atoms with van der Waals surface area (Å²) in [6.07, 6.45) is 1.04. The Morgan fingerprint density at radius 1 is 1.50 bits per heavy atom. The minimum Gasteiger partial charge on any atom is -0.309 e. The molecule has 18 heavy (non-hydrogen) atoms. The van der Waals surface area contributed by atoms with Crippen molar-refractivity contribution in [3.63, 3.8) is 0 Å². The Labute approximate surface area is 117 Å². The summed E-state index contributed by atoms with van der Waals surface area (Å²) in [7, 11) is 0. The molecule has 1 aliphatic heterocycles. The quantitative estimate of drug-likeness (QED) is 0.875. The number of hydrogen-bond donors (Lipinski definition) is 1. The van der Waals surface area contributed by atoms with Gasteiger partial charge >= 0.3 is 0 Å². The molecule has 1 nitrogen and oxygen atoms in total. The summed E-state index contributed by atoms with van der Waals surface area (Å²) in [5.41, 5.74) is 1.72. The van der Waals surface area contributed by atoms with E-state index in [9.17, 15) is 4.39 Å². The summed E-state index contributed by atoms with van der Waals surface area (Å²) in [6, 6.07) is 3.16. The molecule has 0 amide bonds. The van der Waals surface area contributed by atoms with E-state index in [-0.39, 0.29) is 16.6 Å². The summed E-state index contributed by atoms with van der Waals surface area (Å²) in [5.74, 6) is 0.639. The van der Waals surface area contributed by atoms with Crippen molar-refractivity contribution in [3.8, 4) is 0 Å². The van der Waals surface area contributed by atoms with E-state index < -0.39 is 0 Å². The number of fused-ring (bicyclic) bond motifs is 1. The summed E-state index contributed by atoms with van der Waals surface area (Å²) >= 11 is 8.03. The van der Waals surface area contributed by atoms with Crippen molar-refractivity contribution in [1.82, 2.24) is 5.32 Å². The van der Waals surface area contributed by atoms with Gasteiger partial charge in [0.1, 0.15) is 5.82 Å². The maximum absolute atomic E-state index is 14.2. The molecule has 1 heterocycles. The van der Waals surface area contributed by atoms with Crippen molar-refractivity contribution in [2.75, 3.05) is 6.54 Å². The fourth-order valence-corrected chi connectivity index (χ4v) is 3.90. The summed E-state index contributed by atoms with van der Waals surface area (Å²) in [5, 5.41) is 4.14. The molecule has 2 rings (SSSR count). The third-order valence-corrected chi connectivity index (χ3v) is 5.18. The van der Waals surface area contributed by atoms with Crippen molar-refractivity contribution in [2.45, 2.75) is 43.7 Å². The zero-order valence-corrected chi connectivity index (χ0v) is 12.6. The molecule has 0 bridgehead atoms. The molecule has 1 atom stereocenters. The lowest BCUT2D eigenvalue weighted by Gasteiger charge is -2.40. The van der Waals surface area contributed by atoms with Crippen molar-refractivity contribution in [1.29, 1.82) is 0 Å². The van der Waals surface area contributed by atoms with E-state index in [1.807, 2.05) is 11.8 Å². The van der Waals surface area contributed by atoms with Crippen LogP contribution in [0.2, 0.25) is 5.02 Å². The molecule has 0 radical (unpaired) electrons. The SMILES string of the molecule is CCCNC1c2c(F)ccc(Cl)c2CSC1(C)C. The average Bonchev–Trinajstić information content (AvgIpc) is 2.32. The van der Waals surface area contributed by atoms with E-state index in [1.165, 1.54) is 6.07 Å². The molecule has 1 aliphatic rings. The normalized spacial score (nSPS) is 21.7. The van der Waals surface area contributed by atoms with E-state index in [2.05, 4.69) is 26.1 Å². The number of hydrogen-bond acceptors (Lipinski definition) is 2. The molecule has 1 aromatic rings. The predicted octanol–water partition coefficient (Wildman–Crippen LogP) is 4.55. The highest BCUT2D eigenvalue weighted by Gasteiger charge is 2.38. The van der Waals surface area contributed by atoms with E-state index in [0.717, 1.165) is 29.8 Å². The minimum absolute atomic E-state index is 0.0184. The Kier molecular flexibility index (Phi) is 4.25. The third-order valence-electron chi connectivity index (χ3n) is 3.42. The lowest BCUT2D eigenvalue weighted by Crippen LogP contribution is -2.41. The van der Waals surface area contributed by atoms with Gasteiger partial charge in [-0.05, 0) is 44.5 Å². The Balaban J connectivity index is 2.47. The second kappa shape index (κ2) is 5.40. The molecule has 0 aromatic heterocycles. The highest BCUT2D eigenvalue weighted by molar-refractivity contribution is 8.00. The molecule has 0 aliphatic carbocycles. The van der Waals surface area contributed by atoms with Crippen LogP contribution in [-0.2, 0) is 5.75 Å². The van der Waals surface area contributed by atoms with Gasteiger partial charge in [0.15, 0.2) is 0 Å². The lowest BCUT2D eigenvalue weighted by molar-refractivity contribution is 0.421. The summed E-state index contributed by atoms with van der Waals surface area (Å²) in [4.78, 5) is 0. The highest BCUT2D eigenvalue weighted by Crippen LogP contribution is 2.48. The van der Waals surface area contributed by atoms with E-state index in [1.54, 1.807) is 6.07 Å². The van der Waals surface area contributed by atoms with Gasteiger partial charge in [0.2, 0.25) is 0 Å². The van der Waals surface area contributed by atoms with Crippen molar-refractivity contribution < 1.29 is 4.39 Å². The maximum Gasteiger partial charge on any atom is 0.128 e. The number of halogens is 2. The van der Waals surface area contributed by atoms with E-state index >= 15 is 0 Å². The van der Waals surface area contributed by atoms with Crippen LogP contribution in [0, 0.1) is 5.82 Å². The molecular formula is C14H19ClFNS. The first-order valence-electron chi connectivity index (χ1n) is 6.31. The van der Waals surface area contributed by atoms with Crippen LogP contribution in [0.3, 0.4) is 0 Å². The molecule has 0 spiro atoms. The van der Waals surface area contributed by atoms with Gasteiger partial charge in [-0.2, -0.15) is 0 Å². The number of rotatable bonds is 3. The molecule has 0 saturated carbocycles. The zero-order valence-electron chi connectivity index (χ0n) is 11.0. The minimum atomic E-state index is -0.142. The van der Waals surface area contributed by atoms with Crippen LogP contribution in [0.15, 0.2) is 12.1 Å². The monoisotopic (exact) mass is 287 g/mol. The Bertz CT molecular complexity index is 448. The first kappa shape index (κ1) is 14.2. The highest BCUT2D eigenvalue weighted by atomic mass is 35.5. The number of benzene rings is 1. The van der Waals surface area contributed by atoms with E-state index in [4.69, 9.17) is 11.6 Å². The molecule has 0 saturated heterocycles. The first-order valence-corrected chi connectivity index (χ1v) is 7.68. The molecule has 1 aromatic carbocycles. The van der Waals surface area contributed by atoms with Crippen LogP contribution < -0.4 is 5.32 Å². The topological polar surface area (TPSA) is 12.0 Å². The number of thioether (sulfide) groups is 1. The van der Waals surface area contributed by atoms with Gasteiger partial charge in [0.25, 0.3) is 0 Å². The summed E-state index contributed by atoms with van der Waals surface area (Å²) < 4.78 is 14.1. The predicted molar refractivity (Wildman–Crippen MR) is 77.8 cm³/mol. The first-order chi connectivity index (χ1) is 8.47. The fourth-order valence-electron chi connectivity index (χ4n) is 2.39. The second-order valence-electron chi connectivity index (χ2n) is 5.20. The Morgan fingerprint density at radius 3 is 2.89 bits per heavy atom. The van der Waals surface area contributed by atoms with Gasteiger partial charge in [-0.1, -0.05) is 18.5 Å². The number of nitrogens with one attached hydrogen (secondary N) is 1. The van der Waals surface area contributed by atoms with Crippen LogP contribution in [0.4, 0.5) is 4.39 Å². The van der Waals surface area contributed by atoms with Crippen molar-refractivity contribution in [2.24, 2.45) is 0 Å². The van der Waals surface area contributed by atoms with Gasteiger partial charge in [0, 0.05) is 27.1 Å². The van der Waals surface area contributed by atoms with Gasteiger partial charge in [-0.25, -0.2) is 4.39 Å². The maximum atomic E-state index is 14.2. The second-order valence-corrected chi connectivity index (χ2v) is 7.24. The van der Waals surface area contributed by atoms with Gasteiger partial charge < -0.3 is 5.32 Å². The third kappa shape index (κ3) is 2.54.